The van der Waals surface area contributed by atoms with Crippen molar-refractivity contribution in [3.05, 3.63) is 66.3 Å². The molecule has 0 bridgehead atoms. The number of ether oxygens (including phenoxy) is 1. The number of nitrogens with zero attached hydrogens (tertiary/aromatic N) is 6. The van der Waals surface area contributed by atoms with Crippen LogP contribution in [0.25, 0.3) is 11.6 Å². The van der Waals surface area contributed by atoms with Crippen LogP contribution in [0.4, 0.5) is 8.78 Å². The Bertz CT molecular complexity index is 1010. The van der Waals surface area contributed by atoms with E-state index in [1.165, 1.54) is 6.07 Å². The normalized spacial score (nSPS) is 11.1. The van der Waals surface area contributed by atoms with Crippen molar-refractivity contribution < 1.29 is 13.5 Å². The van der Waals surface area contributed by atoms with Crippen molar-refractivity contribution in [1.29, 1.82) is 0 Å². The van der Waals surface area contributed by atoms with E-state index in [1.54, 1.807) is 39.9 Å². The van der Waals surface area contributed by atoms with Gasteiger partial charge in [-0.25, -0.2) is 18.4 Å². The van der Waals surface area contributed by atoms with Gasteiger partial charge in [0.2, 0.25) is 5.65 Å². The number of rotatable bonds is 5. The first-order valence-corrected chi connectivity index (χ1v) is 7.49. The molecule has 0 aliphatic carbocycles. The van der Waals surface area contributed by atoms with Gasteiger partial charge >= 0.3 is 0 Å². The molecule has 0 saturated carbocycles. The van der Waals surface area contributed by atoms with Crippen LogP contribution in [-0.2, 0) is 6.42 Å². The zero-order valence-electron chi connectivity index (χ0n) is 12.9. The second kappa shape index (κ2) is 6.27. The highest BCUT2D eigenvalue weighted by Gasteiger charge is 2.13. The van der Waals surface area contributed by atoms with Crippen molar-refractivity contribution in [2.75, 3.05) is 6.61 Å². The molecule has 0 spiro atoms. The van der Waals surface area contributed by atoms with Crippen LogP contribution in [0, 0.1) is 11.6 Å². The molecule has 0 aliphatic heterocycles. The first kappa shape index (κ1) is 15.2. The van der Waals surface area contributed by atoms with Crippen LogP contribution in [0.5, 0.6) is 5.88 Å². The van der Waals surface area contributed by atoms with Gasteiger partial charge in [0.25, 0.3) is 11.8 Å². The van der Waals surface area contributed by atoms with Gasteiger partial charge in [0, 0.05) is 31.2 Å². The minimum Gasteiger partial charge on any atom is -0.475 e. The zero-order chi connectivity index (χ0) is 17.2. The zero-order valence-corrected chi connectivity index (χ0v) is 12.9. The van der Waals surface area contributed by atoms with Crippen LogP contribution in [0.3, 0.4) is 0 Å². The maximum atomic E-state index is 13.2. The number of benzene rings is 1. The topological polar surface area (TPSA) is 70.1 Å². The summed E-state index contributed by atoms with van der Waals surface area (Å²) in [5, 5.41) is 12.3. The lowest BCUT2D eigenvalue weighted by Gasteiger charge is -2.07. The summed E-state index contributed by atoms with van der Waals surface area (Å²) in [6, 6.07) is 5.54. The van der Waals surface area contributed by atoms with Crippen molar-refractivity contribution in [2.45, 2.75) is 6.42 Å². The smallest absolute Gasteiger partial charge is 0.260 e. The van der Waals surface area contributed by atoms with Gasteiger partial charge in [-0.2, -0.15) is 5.10 Å². The summed E-state index contributed by atoms with van der Waals surface area (Å²) in [5.41, 5.74) is 1.07. The van der Waals surface area contributed by atoms with Gasteiger partial charge in [-0.05, 0) is 23.8 Å². The van der Waals surface area contributed by atoms with E-state index in [0.29, 0.717) is 29.5 Å². The largest absolute Gasteiger partial charge is 0.475 e. The third-order valence-electron chi connectivity index (χ3n) is 3.60. The molecule has 126 valence electrons. The Labute approximate surface area is 140 Å². The fourth-order valence-electron chi connectivity index (χ4n) is 2.40. The third kappa shape index (κ3) is 2.91. The monoisotopic (exact) mass is 342 g/mol. The van der Waals surface area contributed by atoms with Gasteiger partial charge in [0.15, 0.2) is 11.6 Å². The third-order valence-corrected chi connectivity index (χ3v) is 3.60. The molecule has 0 unspecified atom stereocenters. The second-order valence-electron chi connectivity index (χ2n) is 5.22. The Hall–Kier alpha value is -3.36. The van der Waals surface area contributed by atoms with Crippen LogP contribution in [0.1, 0.15) is 5.56 Å². The summed E-state index contributed by atoms with van der Waals surface area (Å²) in [4.78, 5) is 4.16. The quantitative estimate of drug-likeness (QED) is 0.556. The van der Waals surface area contributed by atoms with E-state index in [0.717, 1.165) is 12.1 Å². The lowest BCUT2D eigenvalue weighted by atomic mass is 10.1. The molecule has 9 heteroatoms. The molecule has 3 heterocycles. The maximum absolute atomic E-state index is 13.2. The summed E-state index contributed by atoms with van der Waals surface area (Å²) in [7, 11) is 0. The van der Waals surface area contributed by atoms with Crippen LogP contribution < -0.4 is 4.74 Å². The lowest BCUT2D eigenvalue weighted by Crippen LogP contribution is -2.06. The second-order valence-corrected chi connectivity index (χ2v) is 5.22. The maximum Gasteiger partial charge on any atom is 0.260 e. The molecule has 0 fully saturated rings. The van der Waals surface area contributed by atoms with E-state index < -0.39 is 11.6 Å². The highest BCUT2D eigenvalue weighted by Crippen LogP contribution is 2.17. The van der Waals surface area contributed by atoms with Crippen molar-refractivity contribution in [2.24, 2.45) is 0 Å². The summed E-state index contributed by atoms with van der Waals surface area (Å²) in [6.45, 7) is 0.238. The number of fused-ring (bicyclic) bond motifs is 1. The minimum absolute atomic E-state index is 0.238. The summed E-state index contributed by atoms with van der Waals surface area (Å²) >= 11 is 0. The molecule has 25 heavy (non-hydrogen) atoms. The first-order chi connectivity index (χ1) is 12.2. The fraction of sp³-hybridized carbons (Fsp3) is 0.125. The van der Waals surface area contributed by atoms with Crippen LogP contribution >= 0.6 is 0 Å². The summed E-state index contributed by atoms with van der Waals surface area (Å²) in [5.74, 6) is -0.936. The standard InChI is InChI=1S/C16H12F2N6O/c17-12-3-2-11(10-13(12)18)4-9-25-15-14-21-22-16(23(14)8-6-19-15)24-7-1-5-20-24/h1-3,5-8,10H,4,9H2. The molecule has 7 nitrogen and oxygen atoms in total. The molecule has 0 radical (unpaired) electrons. The molecule has 1 aromatic carbocycles. The number of hydrogen-bond acceptors (Lipinski definition) is 5. The molecule has 4 aromatic rings. The van der Waals surface area contributed by atoms with E-state index in [4.69, 9.17) is 4.74 Å². The highest BCUT2D eigenvalue weighted by molar-refractivity contribution is 5.50. The van der Waals surface area contributed by atoms with E-state index in [1.807, 2.05) is 0 Å². The van der Waals surface area contributed by atoms with Gasteiger partial charge in [0.1, 0.15) is 0 Å². The average Bonchev–Trinajstić information content (AvgIpc) is 3.27. The predicted molar refractivity (Wildman–Crippen MR) is 83.5 cm³/mol. The van der Waals surface area contributed by atoms with Gasteiger partial charge in [-0.1, -0.05) is 6.07 Å². The molecular weight excluding hydrogens is 330 g/mol. The van der Waals surface area contributed by atoms with E-state index in [9.17, 15) is 8.78 Å². The van der Waals surface area contributed by atoms with Gasteiger partial charge in [-0.3, -0.25) is 4.40 Å². The molecule has 4 rings (SSSR count). The Kier molecular flexibility index (Phi) is 3.81. The Balaban J connectivity index is 1.53. The van der Waals surface area contributed by atoms with Crippen molar-refractivity contribution in [1.82, 2.24) is 29.4 Å². The highest BCUT2D eigenvalue weighted by atomic mass is 19.2. The lowest BCUT2D eigenvalue weighted by molar-refractivity contribution is 0.311. The number of hydrogen-bond donors (Lipinski definition) is 0. The van der Waals surface area contributed by atoms with Crippen molar-refractivity contribution >= 4 is 5.65 Å². The SMILES string of the molecule is Fc1ccc(CCOc2nccn3c(-n4cccn4)nnc23)cc1F. The van der Waals surface area contributed by atoms with E-state index >= 15 is 0 Å². The molecule has 0 amide bonds. The average molecular weight is 342 g/mol. The van der Waals surface area contributed by atoms with Crippen LogP contribution in [0.2, 0.25) is 0 Å². The molecule has 0 saturated heterocycles. The van der Waals surface area contributed by atoms with E-state index in [-0.39, 0.29) is 6.61 Å². The molecule has 3 aromatic heterocycles. The van der Waals surface area contributed by atoms with Crippen molar-refractivity contribution in [3.8, 4) is 11.8 Å². The van der Waals surface area contributed by atoms with Crippen molar-refractivity contribution in [3.63, 3.8) is 0 Å². The fourth-order valence-corrected chi connectivity index (χ4v) is 2.40. The Morgan fingerprint density at radius 3 is 2.76 bits per heavy atom. The van der Waals surface area contributed by atoms with Gasteiger partial charge in [0.05, 0.1) is 6.61 Å². The Morgan fingerprint density at radius 2 is 1.96 bits per heavy atom. The Morgan fingerprint density at radius 1 is 1.04 bits per heavy atom. The van der Waals surface area contributed by atoms with Crippen LogP contribution in [-0.4, -0.2) is 36.0 Å². The summed E-state index contributed by atoms with van der Waals surface area (Å²) in [6.07, 6.45) is 7.06. The van der Waals surface area contributed by atoms with E-state index in [2.05, 4.69) is 20.3 Å². The summed E-state index contributed by atoms with van der Waals surface area (Å²) < 4.78 is 35.1. The van der Waals surface area contributed by atoms with Gasteiger partial charge in [-0.15, -0.1) is 10.2 Å². The van der Waals surface area contributed by atoms with Gasteiger partial charge < -0.3 is 4.74 Å². The first-order valence-electron chi connectivity index (χ1n) is 7.49. The molecule has 0 N–H and O–H groups in total. The molecule has 0 aliphatic rings. The molecule has 0 atom stereocenters. The number of halogens is 2. The minimum atomic E-state index is -0.876. The van der Waals surface area contributed by atoms with Crippen LogP contribution in [0.15, 0.2) is 49.1 Å². The molecular formula is C16H12F2N6O. The number of aromatic nitrogens is 6. The predicted octanol–water partition coefficient (Wildman–Crippen LogP) is 2.21.